The Balaban J connectivity index is 1.71. The summed E-state index contributed by atoms with van der Waals surface area (Å²) < 4.78 is 23.0. The summed E-state index contributed by atoms with van der Waals surface area (Å²) in [6, 6.07) is 15.7. The van der Waals surface area contributed by atoms with Crippen LogP contribution in [0.1, 0.15) is 24.8 Å². The van der Waals surface area contributed by atoms with Crippen LogP contribution in [0.25, 0.3) is 11.1 Å². The van der Waals surface area contributed by atoms with E-state index < -0.39 is 9.84 Å². The molecule has 1 aliphatic rings. The smallest absolute Gasteiger partial charge is 0.175 e. The molecule has 3 nitrogen and oxygen atoms in total. The van der Waals surface area contributed by atoms with Gasteiger partial charge >= 0.3 is 0 Å². The van der Waals surface area contributed by atoms with Crippen molar-refractivity contribution in [2.45, 2.75) is 30.7 Å². The normalized spacial score (nSPS) is 16.4. The van der Waals surface area contributed by atoms with Gasteiger partial charge in [-0.3, -0.25) is 4.90 Å². The Hall–Kier alpha value is -1.65. The van der Waals surface area contributed by atoms with Gasteiger partial charge in [-0.25, -0.2) is 8.42 Å². The van der Waals surface area contributed by atoms with Crippen LogP contribution in [-0.2, 0) is 16.4 Å². The fourth-order valence-corrected chi connectivity index (χ4v) is 3.70. The fourth-order valence-electron chi connectivity index (χ4n) is 3.07. The first-order valence-corrected chi connectivity index (χ1v) is 10.0. The number of hydrogen-bond acceptors (Lipinski definition) is 3. The van der Waals surface area contributed by atoms with Crippen LogP contribution < -0.4 is 0 Å². The van der Waals surface area contributed by atoms with Crippen molar-refractivity contribution in [2.24, 2.45) is 0 Å². The van der Waals surface area contributed by atoms with Crippen LogP contribution in [0.3, 0.4) is 0 Å². The van der Waals surface area contributed by atoms with Crippen molar-refractivity contribution in [3.8, 4) is 11.1 Å². The maximum absolute atomic E-state index is 11.5. The third kappa shape index (κ3) is 4.21. The Morgan fingerprint density at radius 1 is 0.826 bits per heavy atom. The van der Waals surface area contributed by atoms with E-state index >= 15 is 0 Å². The number of rotatable bonds is 4. The summed E-state index contributed by atoms with van der Waals surface area (Å²) in [5, 5.41) is 0. The van der Waals surface area contributed by atoms with E-state index in [1.165, 1.54) is 44.2 Å². The molecule has 1 saturated heterocycles. The first kappa shape index (κ1) is 16.2. The summed E-state index contributed by atoms with van der Waals surface area (Å²) in [5.74, 6) is 0. The van der Waals surface area contributed by atoms with Crippen molar-refractivity contribution in [3.63, 3.8) is 0 Å². The van der Waals surface area contributed by atoms with Crippen molar-refractivity contribution < 1.29 is 8.42 Å². The van der Waals surface area contributed by atoms with Gasteiger partial charge in [0.2, 0.25) is 0 Å². The first-order valence-electron chi connectivity index (χ1n) is 8.14. The molecule has 0 aliphatic carbocycles. The molecule has 1 fully saturated rings. The van der Waals surface area contributed by atoms with Crippen molar-refractivity contribution in [3.05, 3.63) is 54.1 Å². The van der Waals surface area contributed by atoms with Gasteiger partial charge in [-0.15, -0.1) is 0 Å². The highest BCUT2D eigenvalue weighted by Gasteiger charge is 2.10. The zero-order valence-electron chi connectivity index (χ0n) is 13.5. The van der Waals surface area contributed by atoms with E-state index in [1.807, 2.05) is 12.1 Å². The molecule has 0 N–H and O–H groups in total. The van der Waals surface area contributed by atoms with E-state index in [0.29, 0.717) is 4.90 Å². The second-order valence-electron chi connectivity index (χ2n) is 6.33. The summed E-state index contributed by atoms with van der Waals surface area (Å²) in [4.78, 5) is 2.88. The average Bonchev–Trinajstić information content (AvgIpc) is 2.56. The second kappa shape index (κ2) is 6.85. The van der Waals surface area contributed by atoms with Crippen LogP contribution in [-0.4, -0.2) is 32.7 Å². The van der Waals surface area contributed by atoms with E-state index in [2.05, 4.69) is 29.2 Å². The summed E-state index contributed by atoms with van der Waals surface area (Å²) in [6.45, 7) is 3.43. The quantitative estimate of drug-likeness (QED) is 0.857. The predicted octanol–water partition coefficient (Wildman–Crippen LogP) is 3.74. The molecule has 2 aromatic rings. The highest BCUT2D eigenvalue weighted by Crippen LogP contribution is 2.22. The molecule has 3 rings (SSSR count). The molecule has 1 heterocycles. The van der Waals surface area contributed by atoms with Gasteiger partial charge in [-0.1, -0.05) is 42.8 Å². The first-order chi connectivity index (χ1) is 11.0. The van der Waals surface area contributed by atoms with Gasteiger partial charge in [0.25, 0.3) is 0 Å². The number of piperidine rings is 1. The molecule has 1 aliphatic heterocycles. The van der Waals surface area contributed by atoms with Crippen LogP contribution in [0.5, 0.6) is 0 Å². The van der Waals surface area contributed by atoms with Gasteiger partial charge in [-0.2, -0.15) is 0 Å². The number of sulfone groups is 1. The maximum Gasteiger partial charge on any atom is 0.175 e. The third-order valence-electron chi connectivity index (χ3n) is 4.42. The van der Waals surface area contributed by atoms with Gasteiger partial charge in [-0.05, 0) is 54.8 Å². The molecule has 0 amide bonds. The Bertz CT molecular complexity index is 743. The van der Waals surface area contributed by atoms with Gasteiger partial charge in [0.15, 0.2) is 9.84 Å². The fraction of sp³-hybridized carbons (Fsp3) is 0.368. The Morgan fingerprint density at radius 2 is 1.35 bits per heavy atom. The Morgan fingerprint density at radius 3 is 1.87 bits per heavy atom. The highest BCUT2D eigenvalue weighted by molar-refractivity contribution is 7.90. The number of likely N-dealkylation sites (tertiary alicyclic amines) is 1. The van der Waals surface area contributed by atoms with Gasteiger partial charge in [0, 0.05) is 12.8 Å². The van der Waals surface area contributed by atoms with Gasteiger partial charge in [0.05, 0.1) is 4.90 Å². The summed E-state index contributed by atoms with van der Waals surface area (Å²) >= 11 is 0. The monoisotopic (exact) mass is 329 g/mol. The van der Waals surface area contributed by atoms with Crippen LogP contribution >= 0.6 is 0 Å². The molecule has 0 atom stereocenters. The van der Waals surface area contributed by atoms with Crippen LogP contribution in [0.15, 0.2) is 53.4 Å². The summed E-state index contributed by atoms with van der Waals surface area (Å²) in [5.41, 5.74) is 3.50. The van der Waals surface area contributed by atoms with Gasteiger partial charge in [0.1, 0.15) is 0 Å². The lowest BCUT2D eigenvalue weighted by Crippen LogP contribution is -2.28. The zero-order valence-corrected chi connectivity index (χ0v) is 14.3. The van der Waals surface area contributed by atoms with Crippen molar-refractivity contribution >= 4 is 9.84 Å². The van der Waals surface area contributed by atoms with E-state index in [1.54, 1.807) is 12.1 Å². The Kier molecular flexibility index (Phi) is 4.83. The highest BCUT2D eigenvalue weighted by atomic mass is 32.2. The molecular weight excluding hydrogens is 306 g/mol. The number of hydrogen-bond donors (Lipinski definition) is 0. The number of benzene rings is 2. The minimum Gasteiger partial charge on any atom is -0.299 e. The SMILES string of the molecule is CS(=O)(=O)c1ccc(-c2ccc(CN3CCCCC3)cc2)cc1. The lowest BCUT2D eigenvalue weighted by molar-refractivity contribution is 0.221. The minimum atomic E-state index is -3.13. The molecule has 0 radical (unpaired) electrons. The van der Waals surface area contributed by atoms with Crippen molar-refractivity contribution in [1.29, 1.82) is 0 Å². The van der Waals surface area contributed by atoms with Crippen LogP contribution in [0.2, 0.25) is 0 Å². The van der Waals surface area contributed by atoms with Crippen molar-refractivity contribution in [1.82, 2.24) is 4.90 Å². The molecule has 23 heavy (non-hydrogen) atoms. The lowest BCUT2D eigenvalue weighted by atomic mass is 10.0. The van der Waals surface area contributed by atoms with Crippen molar-refractivity contribution in [2.75, 3.05) is 19.3 Å². The van der Waals surface area contributed by atoms with E-state index in [4.69, 9.17) is 0 Å². The molecule has 0 saturated carbocycles. The van der Waals surface area contributed by atoms with E-state index in [9.17, 15) is 8.42 Å². The molecule has 4 heteroatoms. The average molecular weight is 329 g/mol. The topological polar surface area (TPSA) is 37.4 Å². The second-order valence-corrected chi connectivity index (χ2v) is 8.35. The van der Waals surface area contributed by atoms with Crippen LogP contribution in [0, 0.1) is 0 Å². The molecule has 0 unspecified atom stereocenters. The summed E-state index contributed by atoms with van der Waals surface area (Å²) in [7, 11) is -3.13. The largest absolute Gasteiger partial charge is 0.299 e. The van der Waals surface area contributed by atoms with Crippen LogP contribution in [0.4, 0.5) is 0 Å². The standard InChI is InChI=1S/C19H23NO2S/c1-23(21,22)19-11-9-18(10-12-19)17-7-5-16(6-8-17)15-20-13-3-2-4-14-20/h5-12H,2-4,13-15H2,1H3. The van der Waals surface area contributed by atoms with Gasteiger partial charge < -0.3 is 0 Å². The number of nitrogens with zero attached hydrogens (tertiary/aromatic N) is 1. The Labute approximate surface area is 138 Å². The predicted molar refractivity (Wildman–Crippen MR) is 94.1 cm³/mol. The molecule has 122 valence electrons. The summed E-state index contributed by atoms with van der Waals surface area (Å²) in [6.07, 6.45) is 5.21. The lowest BCUT2D eigenvalue weighted by Gasteiger charge is -2.26. The molecule has 0 aromatic heterocycles. The minimum absolute atomic E-state index is 0.364. The maximum atomic E-state index is 11.5. The third-order valence-corrected chi connectivity index (χ3v) is 5.55. The molecule has 2 aromatic carbocycles. The molecular formula is C19H23NO2S. The zero-order chi connectivity index (χ0) is 16.3. The molecule has 0 spiro atoms. The van der Waals surface area contributed by atoms with E-state index in [-0.39, 0.29) is 0 Å². The molecule has 0 bridgehead atoms. The van der Waals surface area contributed by atoms with E-state index in [0.717, 1.165) is 17.7 Å².